The Morgan fingerprint density at radius 1 is 0.906 bits per heavy atom. The molecule has 3 aromatic carbocycles. The summed E-state index contributed by atoms with van der Waals surface area (Å²) < 4.78 is 6.10. The molecule has 4 nitrogen and oxygen atoms in total. The van der Waals surface area contributed by atoms with Crippen LogP contribution in [0.3, 0.4) is 0 Å². The van der Waals surface area contributed by atoms with E-state index in [4.69, 9.17) is 27.6 Å². The summed E-state index contributed by atoms with van der Waals surface area (Å²) in [6, 6.07) is 19.1. The molecule has 0 amide bonds. The predicted molar refractivity (Wildman–Crippen MR) is 127 cm³/mol. The molecule has 0 saturated heterocycles. The number of hydrogen-bond acceptors (Lipinski definition) is 4. The standard InChI is InChI=1S/C26H16Cl2O4/c27-16-8-4-14(5-9-16)12-19-18(15-6-10-17(28)11-7-15)13-21(30)24-25(31)23-20(29)2-1-3-22(23)32-26(19)24/h1-12,18,29H,13H2/b19-12+. The Kier molecular flexibility index (Phi) is 5.12. The Morgan fingerprint density at radius 2 is 1.56 bits per heavy atom. The Labute approximate surface area is 193 Å². The van der Waals surface area contributed by atoms with Crippen molar-refractivity contribution in [3.05, 3.63) is 109 Å². The van der Waals surface area contributed by atoms with Crippen LogP contribution >= 0.6 is 23.2 Å². The molecule has 1 N–H and O–H groups in total. The molecule has 0 radical (unpaired) electrons. The van der Waals surface area contributed by atoms with Gasteiger partial charge in [0.1, 0.15) is 28.0 Å². The minimum Gasteiger partial charge on any atom is -0.507 e. The van der Waals surface area contributed by atoms with Crippen molar-refractivity contribution in [3.8, 4) is 5.75 Å². The molecule has 0 fully saturated rings. The largest absolute Gasteiger partial charge is 0.507 e. The van der Waals surface area contributed by atoms with E-state index >= 15 is 0 Å². The topological polar surface area (TPSA) is 67.5 Å². The van der Waals surface area contributed by atoms with E-state index < -0.39 is 5.43 Å². The van der Waals surface area contributed by atoms with E-state index in [1.807, 2.05) is 30.3 Å². The molecule has 1 aliphatic carbocycles. The van der Waals surface area contributed by atoms with Gasteiger partial charge in [0.15, 0.2) is 5.78 Å². The maximum atomic E-state index is 13.2. The van der Waals surface area contributed by atoms with Crippen LogP contribution in [-0.2, 0) is 0 Å². The van der Waals surface area contributed by atoms with Crippen molar-refractivity contribution in [2.45, 2.75) is 12.3 Å². The van der Waals surface area contributed by atoms with Gasteiger partial charge in [0, 0.05) is 28.0 Å². The molecule has 158 valence electrons. The lowest BCUT2D eigenvalue weighted by molar-refractivity contribution is 0.0971. The molecule has 1 atom stereocenters. The van der Waals surface area contributed by atoms with Crippen LogP contribution in [0.2, 0.25) is 10.0 Å². The maximum absolute atomic E-state index is 13.2. The highest BCUT2D eigenvalue weighted by Gasteiger charge is 2.35. The monoisotopic (exact) mass is 462 g/mol. The van der Waals surface area contributed by atoms with Crippen molar-refractivity contribution in [2.24, 2.45) is 0 Å². The van der Waals surface area contributed by atoms with Crippen LogP contribution in [0.15, 0.2) is 75.9 Å². The average molecular weight is 463 g/mol. The number of aromatic hydroxyl groups is 1. The molecular weight excluding hydrogens is 447 g/mol. The van der Waals surface area contributed by atoms with Crippen molar-refractivity contribution in [2.75, 3.05) is 0 Å². The minimum absolute atomic E-state index is 0.00962. The lowest BCUT2D eigenvalue weighted by Gasteiger charge is -2.26. The molecule has 0 bridgehead atoms. The number of fused-ring (bicyclic) bond motifs is 2. The van der Waals surface area contributed by atoms with E-state index in [1.165, 1.54) is 6.07 Å². The van der Waals surface area contributed by atoms with Crippen molar-refractivity contribution in [1.82, 2.24) is 0 Å². The maximum Gasteiger partial charge on any atom is 0.207 e. The second-order valence-corrected chi connectivity index (χ2v) is 8.54. The van der Waals surface area contributed by atoms with Gasteiger partial charge in [0.05, 0.1) is 0 Å². The van der Waals surface area contributed by atoms with Gasteiger partial charge in [0.25, 0.3) is 0 Å². The lowest BCUT2D eigenvalue weighted by atomic mass is 9.77. The fourth-order valence-corrected chi connectivity index (χ4v) is 4.38. The highest BCUT2D eigenvalue weighted by molar-refractivity contribution is 6.30. The first-order chi connectivity index (χ1) is 15.4. The predicted octanol–water partition coefficient (Wildman–Crippen LogP) is 6.72. The van der Waals surface area contributed by atoms with E-state index in [0.717, 1.165) is 11.1 Å². The van der Waals surface area contributed by atoms with E-state index in [-0.39, 0.29) is 46.2 Å². The van der Waals surface area contributed by atoms with Crippen molar-refractivity contribution >= 4 is 51.6 Å². The summed E-state index contributed by atoms with van der Waals surface area (Å²) in [4.78, 5) is 26.4. The highest BCUT2D eigenvalue weighted by Crippen LogP contribution is 2.43. The van der Waals surface area contributed by atoms with Crippen LogP contribution < -0.4 is 5.43 Å². The van der Waals surface area contributed by atoms with E-state index in [9.17, 15) is 14.7 Å². The highest BCUT2D eigenvalue weighted by atomic mass is 35.5. The summed E-state index contributed by atoms with van der Waals surface area (Å²) in [5.41, 5.74) is 2.09. The summed E-state index contributed by atoms with van der Waals surface area (Å²) >= 11 is 12.1. The van der Waals surface area contributed by atoms with Gasteiger partial charge in [0.2, 0.25) is 5.43 Å². The third-order valence-corrected chi connectivity index (χ3v) is 6.17. The Hall–Kier alpha value is -3.34. The second kappa shape index (κ2) is 7.97. The summed E-state index contributed by atoms with van der Waals surface area (Å²) in [5.74, 6) is -0.651. The summed E-state index contributed by atoms with van der Waals surface area (Å²) in [6.45, 7) is 0. The Morgan fingerprint density at radius 3 is 2.25 bits per heavy atom. The number of rotatable bonds is 2. The van der Waals surface area contributed by atoms with Crippen molar-refractivity contribution in [1.29, 1.82) is 0 Å². The van der Waals surface area contributed by atoms with Crippen LogP contribution in [0.4, 0.5) is 0 Å². The minimum atomic E-state index is -0.527. The fourth-order valence-electron chi connectivity index (χ4n) is 4.13. The van der Waals surface area contributed by atoms with Crippen molar-refractivity contribution < 1.29 is 14.3 Å². The molecular formula is C26H16Cl2O4. The molecule has 1 aromatic heterocycles. The quantitative estimate of drug-likeness (QED) is 0.359. The zero-order valence-electron chi connectivity index (χ0n) is 16.6. The molecule has 1 aliphatic rings. The van der Waals surface area contributed by atoms with E-state index in [2.05, 4.69) is 0 Å². The van der Waals surface area contributed by atoms with E-state index in [1.54, 1.807) is 36.4 Å². The lowest BCUT2D eigenvalue weighted by Crippen LogP contribution is -2.25. The third-order valence-electron chi connectivity index (χ3n) is 5.67. The molecule has 4 aromatic rings. The van der Waals surface area contributed by atoms with Gasteiger partial charge in [-0.1, -0.05) is 53.5 Å². The van der Waals surface area contributed by atoms with Gasteiger partial charge in [-0.3, -0.25) is 9.59 Å². The summed E-state index contributed by atoms with van der Waals surface area (Å²) in [5, 5.41) is 11.4. The van der Waals surface area contributed by atoms with Crippen LogP contribution in [0.5, 0.6) is 5.75 Å². The number of benzene rings is 3. The number of halogens is 2. The Balaban J connectivity index is 1.81. The number of carbonyl (C=O) groups excluding carboxylic acids is 1. The molecule has 0 saturated carbocycles. The van der Waals surface area contributed by atoms with Crippen LogP contribution in [0.1, 0.15) is 39.6 Å². The number of allylic oxidation sites excluding steroid dienone is 1. The second-order valence-electron chi connectivity index (χ2n) is 7.67. The van der Waals surface area contributed by atoms with Gasteiger partial charge < -0.3 is 9.52 Å². The number of phenolic OH excluding ortho intramolecular Hbond substituents is 1. The normalized spacial score (nSPS) is 17.0. The number of hydrogen-bond donors (Lipinski definition) is 1. The van der Waals surface area contributed by atoms with E-state index in [0.29, 0.717) is 15.6 Å². The first kappa shape index (κ1) is 20.6. The van der Waals surface area contributed by atoms with Crippen LogP contribution in [0, 0.1) is 0 Å². The van der Waals surface area contributed by atoms with Gasteiger partial charge in [-0.15, -0.1) is 0 Å². The summed E-state index contributed by atoms with van der Waals surface area (Å²) in [6.07, 6.45) is 2.00. The molecule has 5 rings (SSSR count). The fraction of sp³-hybridized carbons (Fsp3) is 0.0769. The molecule has 0 spiro atoms. The molecule has 1 heterocycles. The zero-order chi connectivity index (χ0) is 22.4. The number of phenols is 1. The number of Topliss-reactive ketones (excluding diaryl/α,β-unsaturated/α-hetero) is 1. The zero-order valence-corrected chi connectivity index (χ0v) is 18.2. The SMILES string of the molecule is O=C1CC(c2ccc(Cl)cc2)/C(=C\c2ccc(Cl)cc2)c2oc3cccc(O)c3c(=O)c21. The van der Waals surface area contributed by atoms with Gasteiger partial charge in [-0.25, -0.2) is 0 Å². The first-order valence-corrected chi connectivity index (χ1v) is 10.7. The molecule has 1 unspecified atom stereocenters. The third kappa shape index (κ3) is 3.52. The van der Waals surface area contributed by atoms with Gasteiger partial charge in [-0.05, 0) is 53.6 Å². The smallest absolute Gasteiger partial charge is 0.207 e. The number of ketones is 1. The first-order valence-electron chi connectivity index (χ1n) is 9.97. The van der Waals surface area contributed by atoms with Crippen LogP contribution in [0.25, 0.3) is 22.6 Å². The number of carbonyl (C=O) groups is 1. The van der Waals surface area contributed by atoms with Crippen LogP contribution in [-0.4, -0.2) is 10.9 Å². The van der Waals surface area contributed by atoms with Gasteiger partial charge >= 0.3 is 0 Å². The molecule has 6 heteroatoms. The van der Waals surface area contributed by atoms with Gasteiger partial charge in [-0.2, -0.15) is 0 Å². The van der Waals surface area contributed by atoms with Crippen molar-refractivity contribution in [3.63, 3.8) is 0 Å². The Bertz CT molecular complexity index is 1450. The summed E-state index contributed by atoms with van der Waals surface area (Å²) in [7, 11) is 0. The molecule has 32 heavy (non-hydrogen) atoms. The molecule has 0 aliphatic heterocycles. The average Bonchev–Trinajstić information content (AvgIpc) is 2.77.